The minimum atomic E-state index is -0.290. The molecule has 0 bridgehead atoms. The van der Waals surface area contributed by atoms with Gasteiger partial charge in [-0.2, -0.15) is 0 Å². The number of carbonyl (C=O) groups excluding carboxylic acids is 1. The first kappa shape index (κ1) is 17.1. The molecule has 0 N–H and O–H groups in total. The van der Waals surface area contributed by atoms with Gasteiger partial charge < -0.3 is 4.90 Å². The van der Waals surface area contributed by atoms with Crippen molar-refractivity contribution < 1.29 is 4.79 Å². The third-order valence-electron chi connectivity index (χ3n) is 4.90. The van der Waals surface area contributed by atoms with E-state index in [0.717, 1.165) is 11.1 Å². The molecule has 1 amide bonds. The molecule has 1 aliphatic heterocycles. The smallest absolute Gasteiger partial charge is 0.278 e. The Morgan fingerprint density at radius 2 is 1.89 bits per heavy atom. The van der Waals surface area contributed by atoms with E-state index >= 15 is 0 Å². The summed E-state index contributed by atoms with van der Waals surface area (Å²) in [5, 5.41) is 8.41. The summed E-state index contributed by atoms with van der Waals surface area (Å²) in [5.74, 6) is -0.124. The van der Waals surface area contributed by atoms with E-state index in [9.17, 15) is 9.59 Å². The summed E-state index contributed by atoms with van der Waals surface area (Å²) in [5.41, 5.74) is 3.93. The van der Waals surface area contributed by atoms with E-state index in [1.165, 1.54) is 16.7 Å². The van der Waals surface area contributed by atoms with Crippen molar-refractivity contribution in [3.63, 3.8) is 0 Å². The molecule has 0 aliphatic carbocycles. The molecule has 4 rings (SSSR count). The highest BCUT2D eigenvalue weighted by atomic mass is 16.2. The van der Waals surface area contributed by atoms with Crippen LogP contribution < -0.4 is 5.56 Å². The van der Waals surface area contributed by atoms with Crippen LogP contribution in [0.2, 0.25) is 0 Å². The predicted octanol–water partition coefficient (Wildman–Crippen LogP) is 2.42. The maximum Gasteiger partial charge on any atom is 0.278 e. The van der Waals surface area contributed by atoms with Crippen LogP contribution in [0.3, 0.4) is 0 Å². The largest absolute Gasteiger partial charge is 0.337 e. The summed E-state index contributed by atoms with van der Waals surface area (Å²) in [4.78, 5) is 26.9. The molecule has 3 aromatic rings. The monoisotopic (exact) mass is 360 g/mol. The molecule has 136 valence electrons. The Hall–Kier alpha value is -3.28. The highest BCUT2D eigenvalue weighted by Crippen LogP contribution is 2.22. The van der Waals surface area contributed by atoms with Crippen LogP contribution in [0.25, 0.3) is 16.5 Å². The number of amides is 1. The number of fused-ring (bicyclic) bond motifs is 1. The zero-order valence-electron chi connectivity index (χ0n) is 15.1. The fraction of sp³-hybridized carbons (Fsp3) is 0.238. The van der Waals surface area contributed by atoms with E-state index in [4.69, 9.17) is 0 Å². The van der Waals surface area contributed by atoms with Gasteiger partial charge in [0.1, 0.15) is 12.1 Å². The molecule has 6 nitrogen and oxygen atoms in total. The van der Waals surface area contributed by atoms with Gasteiger partial charge in [-0.05, 0) is 36.6 Å². The molecule has 1 aromatic heterocycles. The Balaban J connectivity index is 1.48. The number of aryl methyl sites for hydroxylation is 1. The Labute approximate surface area is 156 Å². The zero-order chi connectivity index (χ0) is 18.8. The fourth-order valence-electron chi connectivity index (χ4n) is 3.28. The summed E-state index contributed by atoms with van der Waals surface area (Å²) in [6, 6.07) is 15.4. The number of hydrogen-bond donors (Lipinski definition) is 0. The van der Waals surface area contributed by atoms with Crippen molar-refractivity contribution in [1.82, 2.24) is 19.9 Å². The second-order valence-corrected chi connectivity index (χ2v) is 6.75. The van der Waals surface area contributed by atoms with Gasteiger partial charge in [0, 0.05) is 13.1 Å². The molecule has 27 heavy (non-hydrogen) atoms. The number of carbonyl (C=O) groups is 1. The first-order valence-corrected chi connectivity index (χ1v) is 8.98. The maximum absolute atomic E-state index is 12.6. The van der Waals surface area contributed by atoms with Gasteiger partial charge >= 0.3 is 0 Å². The van der Waals surface area contributed by atoms with Crippen molar-refractivity contribution in [2.75, 3.05) is 13.1 Å². The second kappa shape index (κ2) is 7.15. The summed E-state index contributed by atoms with van der Waals surface area (Å²) in [6.07, 6.45) is 2.88. The highest BCUT2D eigenvalue weighted by Gasteiger charge is 2.19. The third-order valence-corrected chi connectivity index (χ3v) is 4.90. The van der Waals surface area contributed by atoms with Gasteiger partial charge in [-0.3, -0.25) is 9.59 Å². The molecule has 0 unspecified atom stereocenters. The van der Waals surface area contributed by atoms with Gasteiger partial charge in [0.15, 0.2) is 0 Å². The lowest BCUT2D eigenvalue weighted by atomic mass is 9.98. The Morgan fingerprint density at radius 3 is 2.63 bits per heavy atom. The van der Waals surface area contributed by atoms with E-state index in [-0.39, 0.29) is 18.0 Å². The van der Waals surface area contributed by atoms with Crippen molar-refractivity contribution >= 4 is 22.4 Å². The number of rotatable bonds is 3. The van der Waals surface area contributed by atoms with Crippen LogP contribution >= 0.6 is 0 Å². The predicted molar refractivity (Wildman–Crippen MR) is 104 cm³/mol. The first-order valence-electron chi connectivity index (χ1n) is 8.98. The average molecular weight is 360 g/mol. The van der Waals surface area contributed by atoms with Gasteiger partial charge in [0.2, 0.25) is 5.91 Å². The van der Waals surface area contributed by atoms with E-state index in [0.29, 0.717) is 24.0 Å². The van der Waals surface area contributed by atoms with Crippen LogP contribution in [0.4, 0.5) is 0 Å². The molecular weight excluding hydrogens is 340 g/mol. The molecule has 1 aliphatic rings. The third kappa shape index (κ3) is 3.51. The van der Waals surface area contributed by atoms with Crippen LogP contribution in [0.5, 0.6) is 0 Å². The number of hydrogen-bond acceptors (Lipinski definition) is 4. The lowest BCUT2D eigenvalue weighted by Crippen LogP contribution is -2.39. The zero-order valence-corrected chi connectivity index (χ0v) is 15.1. The molecule has 0 saturated carbocycles. The van der Waals surface area contributed by atoms with Gasteiger partial charge in [0.25, 0.3) is 5.56 Å². The molecule has 0 fully saturated rings. The van der Waals surface area contributed by atoms with Crippen LogP contribution in [0.1, 0.15) is 17.5 Å². The topological polar surface area (TPSA) is 68.1 Å². The number of aromatic nitrogens is 3. The maximum atomic E-state index is 12.6. The molecule has 2 heterocycles. The summed E-state index contributed by atoms with van der Waals surface area (Å²) < 4.78 is 1.14. The summed E-state index contributed by atoms with van der Waals surface area (Å²) >= 11 is 0. The lowest BCUT2D eigenvalue weighted by molar-refractivity contribution is -0.131. The summed E-state index contributed by atoms with van der Waals surface area (Å²) in [6.45, 7) is 3.15. The molecule has 0 saturated heterocycles. The van der Waals surface area contributed by atoms with Crippen LogP contribution in [-0.2, 0) is 11.3 Å². The van der Waals surface area contributed by atoms with Gasteiger partial charge in [-0.25, -0.2) is 4.68 Å². The number of nitrogens with zero attached hydrogens (tertiary/aromatic N) is 4. The highest BCUT2D eigenvalue weighted by molar-refractivity contribution is 5.79. The standard InChI is InChI=1S/C21H20N4O2/c1-15-6-8-16(9-7-15)17-10-12-24(13-11-17)20(26)14-25-21(27)18-4-2-3-5-19(18)22-23-25/h2-10H,11-14H2,1H3. The van der Waals surface area contributed by atoms with Crippen molar-refractivity contribution in [2.24, 2.45) is 0 Å². The van der Waals surface area contributed by atoms with Crippen LogP contribution in [0, 0.1) is 6.92 Å². The van der Waals surface area contributed by atoms with Gasteiger partial charge in [-0.1, -0.05) is 53.3 Å². The van der Waals surface area contributed by atoms with Crippen LogP contribution in [-0.4, -0.2) is 38.9 Å². The molecule has 6 heteroatoms. The fourth-order valence-corrected chi connectivity index (χ4v) is 3.28. The first-order chi connectivity index (χ1) is 13.1. The van der Waals surface area contributed by atoms with E-state index < -0.39 is 0 Å². The minimum absolute atomic E-state index is 0.0929. The lowest BCUT2D eigenvalue weighted by Gasteiger charge is -2.26. The van der Waals surface area contributed by atoms with E-state index in [1.54, 1.807) is 29.2 Å². The van der Waals surface area contributed by atoms with Crippen molar-refractivity contribution in [2.45, 2.75) is 19.9 Å². The molecule has 2 aromatic carbocycles. The Morgan fingerprint density at radius 1 is 1.11 bits per heavy atom. The number of benzene rings is 2. The van der Waals surface area contributed by atoms with E-state index in [2.05, 4.69) is 47.6 Å². The van der Waals surface area contributed by atoms with Crippen molar-refractivity contribution in [1.29, 1.82) is 0 Å². The normalized spacial score (nSPS) is 14.3. The van der Waals surface area contributed by atoms with Gasteiger partial charge in [-0.15, -0.1) is 5.10 Å². The van der Waals surface area contributed by atoms with Crippen LogP contribution in [0.15, 0.2) is 59.4 Å². The Kier molecular flexibility index (Phi) is 4.54. The summed E-state index contributed by atoms with van der Waals surface area (Å²) in [7, 11) is 0. The minimum Gasteiger partial charge on any atom is -0.337 e. The molecule has 0 radical (unpaired) electrons. The van der Waals surface area contributed by atoms with Crippen molar-refractivity contribution in [3.8, 4) is 0 Å². The van der Waals surface area contributed by atoms with Gasteiger partial charge in [0.05, 0.1) is 5.39 Å². The van der Waals surface area contributed by atoms with E-state index in [1.807, 2.05) is 0 Å². The Bertz CT molecular complexity index is 1080. The molecular formula is C21H20N4O2. The van der Waals surface area contributed by atoms with Crippen molar-refractivity contribution in [3.05, 3.63) is 76.1 Å². The quantitative estimate of drug-likeness (QED) is 0.719. The molecule has 0 atom stereocenters. The average Bonchev–Trinajstić information content (AvgIpc) is 2.71. The molecule has 0 spiro atoms. The second-order valence-electron chi connectivity index (χ2n) is 6.75. The SMILES string of the molecule is Cc1ccc(C2=CCN(C(=O)Cn3nnc4ccccc4c3=O)CC2)cc1.